The molecule has 2 heterocycles. The monoisotopic (exact) mass is 530 g/mol. The molecule has 1 aromatic carbocycles. The molecule has 1 saturated heterocycles. The number of nitrogens with one attached hydrogen (secondary N) is 1. The minimum absolute atomic E-state index is 0.0225. The van der Waals surface area contributed by atoms with E-state index < -0.39 is 21.4 Å². The van der Waals surface area contributed by atoms with Gasteiger partial charge in [0.2, 0.25) is 15.5 Å². The number of likely N-dealkylation sites (tertiary alicyclic amines) is 1. The number of benzene rings is 1. The minimum Gasteiger partial charge on any atom is -0.352 e. The molecular formula is C28H42N4O4S. The van der Waals surface area contributed by atoms with Gasteiger partial charge in [-0.3, -0.25) is 9.59 Å². The van der Waals surface area contributed by atoms with E-state index in [1.807, 2.05) is 0 Å². The molecule has 1 N–H and O–H groups in total. The van der Waals surface area contributed by atoms with Crippen LogP contribution in [0, 0.1) is 11.8 Å². The molecule has 2 atom stereocenters. The Hall–Kier alpha value is -2.23. The molecule has 1 aliphatic carbocycles. The van der Waals surface area contributed by atoms with Crippen LogP contribution in [0.1, 0.15) is 69.2 Å². The van der Waals surface area contributed by atoms with Crippen molar-refractivity contribution in [2.45, 2.75) is 69.7 Å². The zero-order chi connectivity index (χ0) is 26.7. The van der Waals surface area contributed by atoms with E-state index in [2.05, 4.69) is 24.1 Å². The summed E-state index contributed by atoms with van der Waals surface area (Å²) in [6.45, 7) is 8.14. The molecule has 4 rings (SSSR count). The number of hydrogen-bond acceptors (Lipinski definition) is 5. The van der Waals surface area contributed by atoms with E-state index in [1.165, 1.54) is 23.0 Å². The normalized spacial score (nSPS) is 22.0. The second-order valence-electron chi connectivity index (χ2n) is 11.3. The van der Waals surface area contributed by atoms with E-state index in [0.717, 1.165) is 58.2 Å². The maximum Gasteiger partial charge on any atom is 0.256 e. The molecule has 1 saturated carbocycles. The number of carbonyl (C=O) groups is 1. The first kappa shape index (κ1) is 27.8. The Kier molecular flexibility index (Phi) is 8.76. The first-order valence-corrected chi connectivity index (χ1v) is 15.1. The van der Waals surface area contributed by atoms with Crippen LogP contribution < -0.4 is 10.7 Å². The van der Waals surface area contributed by atoms with Gasteiger partial charge >= 0.3 is 0 Å². The van der Waals surface area contributed by atoms with Crippen molar-refractivity contribution in [1.82, 2.24) is 19.1 Å². The van der Waals surface area contributed by atoms with Gasteiger partial charge in [-0.15, -0.1) is 0 Å². The molecule has 0 radical (unpaired) electrons. The molecule has 1 aromatic heterocycles. The standard InChI is InChI=1S/C28H42N4O4S/c1-20-15-21(2)18-32(17-20)14-8-13-29-28(34)25-19-30(3)26-12-11-23(16-24(26)27(25)33)37(35,36)31(4)22-9-6-5-7-10-22/h11-12,16,19-22H,5-10,13-15,17-18H2,1-4H3,(H,29,34). The van der Waals surface area contributed by atoms with Crippen LogP contribution in [-0.2, 0) is 17.1 Å². The summed E-state index contributed by atoms with van der Waals surface area (Å²) in [6, 6.07) is 4.62. The van der Waals surface area contributed by atoms with Crippen LogP contribution >= 0.6 is 0 Å². The van der Waals surface area contributed by atoms with Gasteiger partial charge in [0.05, 0.1) is 10.4 Å². The quantitative estimate of drug-likeness (QED) is 0.527. The minimum atomic E-state index is -3.75. The Labute approximate surface area is 221 Å². The SMILES string of the molecule is CC1CC(C)CN(CCCNC(=O)c2cn(C)c3ccc(S(=O)(=O)N(C)C4CCCCC4)cc3c2=O)C1. The molecule has 2 aliphatic rings. The third-order valence-electron chi connectivity index (χ3n) is 8.05. The summed E-state index contributed by atoms with van der Waals surface area (Å²) in [6.07, 6.45) is 8.51. The third kappa shape index (κ3) is 6.26. The molecule has 2 aromatic rings. The Bertz CT molecular complexity index is 1270. The van der Waals surface area contributed by atoms with E-state index >= 15 is 0 Å². The van der Waals surface area contributed by atoms with Crippen LogP contribution in [0.25, 0.3) is 10.9 Å². The summed E-state index contributed by atoms with van der Waals surface area (Å²) >= 11 is 0. The number of aromatic nitrogens is 1. The molecule has 1 amide bonds. The summed E-state index contributed by atoms with van der Waals surface area (Å²) in [4.78, 5) is 28.8. The fourth-order valence-electron chi connectivity index (χ4n) is 6.18. The van der Waals surface area contributed by atoms with Crippen molar-refractivity contribution in [3.8, 4) is 0 Å². The van der Waals surface area contributed by atoms with E-state index in [4.69, 9.17) is 0 Å². The predicted octanol–water partition coefficient (Wildman–Crippen LogP) is 3.59. The maximum atomic E-state index is 13.4. The van der Waals surface area contributed by atoms with Gasteiger partial charge in [0.1, 0.15) is 5.56 Å². The first-order chi connectivity index (χ1) is 17.6. The highest BCUT2D eigenvalue weighted by Crippen LogP contribution is 2.27. The Morgan fingerprint density at radius 1 is 1.11 bits per heavy atom. The molecule has 37 heavy (non-hydrogen) atoms. The highest BCUT2D eigenvalue weighted by molar-refractivity contribution is 7.89. The molecule has 204 valence electrons. The maximum absolute atomic E-state index is 13.4. The first-order valence-electron chi connectivity index (χ1n) is 13.7. The zero-order valence-electron chi connectivity index (χ0n) is 22.7. The molecule has 8 nitrogen and oxygen atoms in total. The van der Waals surface area contributed by atoms with E-state index in [9.17, 15) is 18.0 Å². The predicted molar refractivity (Wildman–Crippen MR) is 147 cm³/mol. The number of pyridine rings is 1. The van der Waals surface area contributed by atoms with Gasteiger partial charge in [-0.2, -0.15) is 4.31 Å². The average Bonchev–Trinajstić information content (AvgIpc) is 2.87. The number of rotatable bonds is 8. The fourth-order valence-corrected chi connectivity index (χ4v) is 7.62. The van der Waals surface area contributed by atoms with Crippen molar-refractivity contribution in [3.05, 3.63) is 40.2 Å². The average molecular weight is 531 g/mol. The number of nitrogens with zero attached hydrogens (tertiary/aromatic N) is 3. The van der Waals surface area contributed by atoms with Crippen molar-refractivity contribution in [2.24, 2.45) is 18.9 Å². The third-order valence-corrected chi connectivity index (χ3v) is 9.96. The van der Waals surface area contributed by atoms with Gasteiger partial charge in [-0.05, 0) is 62.3 Å². The van der Waals surface area contributed by atoms with Crippen LogP contribution in [-0.4, -0.2) is 67.4 Å². The zero-order valence-corrected chi connectivity index (χ0v) is 23.5. The van der Waals surface area contributed by atoms with Crippen molar-refractivity contribution in [2.75, 3.05) is 33.2 Å². The number of piperidine rings is 1. The van der Waals surface area contributed by atoms with Crippen LogP contribution in [0.15, 0.2) is 34.1 Å². The topological polar surface area (TPSA) is 91.7 Å². The fraction of sp³-hybridized carbons (Fsp3) is 0.643. The van der Waals surface area contributed by atoms with Gasteiger partial charge in [0.15, 0.2) is 0 Å². The van der Waals surface area contributed by atoms with Gasteiger partial charge in [-0.1, -0.05) is 33.1 Å². The molecule has 9 heteroatoms. The van der Waals surface area contributed by atoms with Gasteiger partial charge in [-0.25, -0.2) is 8.42 Å². The summed E-state index contributed by atoms with van der Waals surface area (Å²) < 4.78 is 29.9. The molecule has 1 aliphatic heterocycles. The lowest BCUT2D eigenvalue weighted by Crippen LogP contribution is -2.40. The second kappa shape index (κ2) is 11.7. The van der Waals surface area contributed by atoms with E-state index in [0.29, 0.717) is 23.9 Å². The molecule has 0 bridgehead atoms. The molecule has 2 fully saturated rings. The smallest absolute Gasteiger partial charge is 0.256 e. The van der Waals surface area contributed by atoms with Crippen molar-refractivity contribution in [3.63, 3.8) is 0 Å². The molecular weight excluding hydrogens is 488 g/mol. The van der Waals surface area contributed by atoms with Crippen molar-refractivity contribution in [1.29, 1.82) is 0 Å². The summed E-state index contributed by atoms with van der Waals surface area (Å²) in [5.41, 5.74) is 0.182. The lowest BCUT2D eigenvalue weighted by molar-refractivity contribution is 0.0945. The Morgan fingerprint density at radius 2 is 1.78 bits per heavy atom. The van der Waals surface area contributed by atoms with Crippen molar-refractivity contribution < 1.29 is 13.2 Å². The number of hydrogen-bond donors (Lipinski definition) is 1. The number of fused-ring (bicyclic) bond motifs is 1. The van der Waals surface area contributed by atoms with Crippen LogP contribution in [0.4, 0.5) is 0 Å². The van der Waals surface area contributed by atoms with Gasteiger partial charge < -0.3 is 14.8 Å². The lowest BCUT2D eigenvalue weighted by Gasteiger charge is -2.34. The Morgan fingerprint density at radius 3 is 2.46 bits per heavy atom. The highest BCUT2D eigenvalue weighted by Gasteiger charge is 2.29. The Balaban J connectivity index is 1.49. The number of carbonyl (C=O) groups excluding carboxylic acids is 1. The van der Waals surface area contributed by atoms with Gasteiger partial charge in [0.25, 0.3) is 5.91 Å². The number of sulfonamides is 1. The summed E-state index contributed by atoms with van der Waals surface area (Å²) in [7, 11) is -0.358. The number of aryl methyl sites for hydroxylation is 1. The van der Waals surface area contributed by atoms with Crippen LogP contribution in [0.2, 0.25) is 0 Å². The summed E-state index contributed by atoms with van der Waals surface area (Å²) in [5, 5.41) is 3.13. The summed E-state index contributed by atoms with van der Waals surface area (Å²) in [5.74, 6) is 0.959. The lowest BCUT2D eigenvalue weighted by atomic mass is 9.92. The molecule has 2 unspecified atom stereocenters. The second-order valence-corrected chi connectivity index (χ2v) is 13.3. The molecule has 0 spiro atoms. The van der Waals surface area contributed by atoms with E-state index in [1.54, 1.807) is 30.8 Å². The van der Waals surface area contributed by atoms with Gasteiger partial charge in [0, 0.05) is 51.4 Å². The van der Waals surface area contributed by atoms with Crippen LogP contribution in [0.3, 0.4) is 0 Å². The van der Waals surface area contributed by atoms with E-state index in [-0.39, 0.29) is 21.9 Å². The largest absolute Gasteiger partial charge is 0.352 e. The van der Waals surface area contributed by atoms with Crippen molar-refractivity contribution >= 4 is 26.8 Å². The van der Waals surface area contributed by atoms with Crippen LogP contribution in [0.5, 0.6) is 0 Å². The number of amides is 1. The highest BCUT2D eigenvalue weighted by atomic mass is 32.2.